The Hall–Kier alpha value is -0.890. The number of rotatable bonds is 1. The normalized spacial score (nSPS) is 10.4. The number of hydrogen-bond donors (Lipinski definition) is 0. The van der Waals surface area contributed by atoms with Crippen LogP contribution in [-0.2, 0) is 0 Å². The van der Waals surface area contributed by atoms with Gasteiger partial charge >= 0.3 is 0 Å². The summed E-state index contributed by atoms with van der Waals surface area (Å²) < 4.78 is 0.948. The van der Waals surface area contributed by atoms with E-state index < -0.39 is 0 Å². The van der Waals surface area contributed by atoms with Gasteiger partial charge in [-0.1, -0.05) is 39.5 Å². The van der Waals surface area contributed by atoms with Crippen LogP contribution in [0.4, 0.5) is 0 Å². The molecule has 1 aromatic heterocycles. The molecule has 1 rings (SSSR count). The Kier molecular flexibility index (Phi) is 7.03. The van der Waals surface area contributed by atoms with Crippen molar-refractivity contribution in [3.8, 4) is 0 Å². The van der Waals surface area contributed by atoms with E-state index in [4.69, 9.17) is 0 Å². The Balaban J connectivity index is 0.000000500. The number of allylic oxidation sites excluding steroid dienone is 1. The van der Waals surface area contributed by atoms with E-state index >= 15 is 0 Å². The largest absolute Gasteiger partial charge is 0.255 e. The summed E-state index contributed by atoms with van der Waals surface area (Å²) in [6.07, 6.45) is 6.52. The number of halogens is 1. The minimum absolute atomic E-state index is 0.864. The van der Waals surface area contributed by atoms with Crippen LogP contribution in [0.2, 0.25) is 0 Å². The highest BCUT2D eigenvalue weighted by molar-refractivity contribution is 9.10. The predicted octanol–water partition coefficient (Wildman–Crippen LogP) is 2.64. The second-order valence-electron chi connectivity index (χ2n) is 2.81. The van der Waals surface area contributed by atoms with E-state index in [9.17, 15) is 0 Å². The van der Waals surface area contributed by atoms with Crippen molar-refractivity contribution in [3.63, 3.8) is 0 Å². The molecular weight excluding hydrogens is 238 g/mol. The van der Waals surface area contributed by atoms with Gasteiger partial charge in [0, 0.05) is 10.7 Å². The van der Waals surface area contributed by atoms with Gasteiger partial charge in [0.25, 0.3) is 0 Å². The number of pyridine rings is 1. The molecule has 0 unspecified atom stereocenters. The molecule has 0 aliphatic heterocycles. The zero-order valence-corrected chi connectivity index (χ0v) is 10.3. The van der Waals surface area contributed by atoms with E-state index in [1.54, 1.807) is 12.3 Å². The highest BCUT2D eigenvalue weighted by Crippen LogP contribution is 1.99. The van der Waals surface area contributed by atoms with Crippen molar-refractivity contribution in [1.29, 1.82) is 0 Å². The molecule has 0 radical (unpaired) electrons. The maximum Gasteiger partial charge on any atom is 0.0696 e. The third kappa shape index (κ3) is 4.97. The Bertz CT molecular complexity index is 382. The smallest absolute Gasteiger partial charge is 0.0696 e. The first-order valence-electron chi connectivity index (χ1n) is 4.58. The molecule has 0 aliphatic rings. The van der Waals surface area contributed by atoms with Gasteiger partial charge in [0.15, 0.2) is 0 Å². The molecule has 76 valence electrons. The second-order valence-corrected chi connectivity index (χ2v) is 3.72. The molecule has 1 heterocycles. The molecule has 0 saturated heterocycles. The fourth-order valence-corrected chi connectivity index (χ4v) is 1.13. The first-order valence-corrected chi connectivity index (χ1v) is 5.38. The molecule has 0 amide bonds. The van der Waals surface area contributed by atoms with Gasteiger partial charge in [0.05, 0.1) is 5.35 Å². The van der Waals surface area contributed by atoms with Crippen molar-refractivity contribution in [2.45, 2.75) is 20.3 Å². The van der Waals surface area contributed by atoms with Gasteiger partial charge in [-0.2, -0.15) is 0 Å². The van der Waals surface area contributed by atoms with Crippen LogP contribution in [0.15, 0.2) is 29.4 Å². The fourth-order valence-electron chi connectivity index (χ4n) is 0.753. The first kappa shape index (κ1) is 13.1. The summed E-state index contributed by atoms with van der Waals surface area (Å²) in [5.41, 5.74) is 0. The minimum atomic E-state index is 0.864. The first-order chi connectivity index (χ1) is 6.65. The molecule has 0 fully saturated rings. The lowest BCUT2D eigenvalue weighted by Crippen LogP contribution is -2.25. The maximum atomic E-state index is 4.13. The molecular formula is C12H16BrN. The minimum Gasteiger partial charge on any atom is -0.255 e. The molecule has 1 aromatic rings. The van der Waals surface area contributed by atoms with Gasteiger partial charge in [0.1, 0.15) is 0 Å². The summed E-state index contributed by atoms with van der Waals surface area (Å²) in [5.74, 6) is 0. The summed E-state index contributed by atoms with van der Waals surface area (Å²) in [6.45, 7) is 11.7. The molecule has 0 bridgehead atoms. The van der Waals surface area contributed by atoms with Gasteiger partial charge < -0.3 is 0 Å². The summed E-state index contributed by atoms with van der Waals surface area (Å²) >= 11 is 3.31. The van der Waals surface area contributed by atoms with Crippen LogP contribution in [0.25, 0.3) is 12.7 Å². The number of aromatic nitrogens is 1. The van der Waals surface area contributed by atoms with E-state index in [-0.39, 0.29) is 0 Å². The topological polar surface area (TPSA) is 12.9 Å². The van der Waals surface area contributed by atoms with Crippen molar-refractivity contribution >= 4 is 28.6 Å². The van der Waals surface area contributed by atoms with Crippen LogP contribution in [0.1, 0.15) is 20.3 Å². The SMILES string of the molecule is C=C/C=c1/ncc(Br)cc1=C.CCC. The Morgan fingerprint density at radius 1 is 1.50 bits per heavy atom. The van der Waals surface area contributed by atoms with Gasteiger partial charge in [0.2, 0.25) is 0 Å². The molecule has 14 heavy (non-hydrogen) atoms. The molecule has 0 spiro atoms. The molecule has 2 heteroatoms. The van der Waals surface area contributed by atoms with E-state index in [1.807, 2.05) is 12.1 Å². The van der Waals surface area contributed by atoms with Crippen molar-refractivity contribution < 1.29 is 0 Å². The zero-order chi connectivity index (χ0) is 11.0. The predicted molar refractivity (Wildman–Crippen MR) is 67.3 cm³/mol. The van der Waals surface area contributed by atoms with E-state index in [0.717, 1.165) is 15.0 Å². The summed E-state index contributed by atoms with van der Waals surface area (Å²) in [6, 6.07) is 1.92. The molecule has 0 atom stereocenters. The molecule has 0 aromatic carbocycles. The van der Waals surface area contributed by atoms with Crippen LogP contribution in [0, 0.1) is 0 Å². The highest BCUT2D eigenvalue weighted by Gasteiger charge is 1.85. The average molecular weight is 254 g/mol. The lowest BCUT2D eigenvalue weighted by Gasteiger charge is -1.88. The van der Waals surface area contributed by atoms with Crippen LogP contribution in [0.3, 0.4) is 0 Å². The van der Waals surface area contributed by atoms with E-state index in [0.29, 0.717) is 0 Å². The zero-order valence-electron chi connectivity index (χ0n) is 8.76. The lowest BCUT2D eigenvalue weighted by atomic mass is 10.3. The second kappa shape index (κ2) is 7.51. The molecule has 0 saturated carbocycles. The van der Waals surface area contributed by atoms with Gasteiger partial charge in [-0.05, 0) is 33.3 Å². The Morgan fingerprint density at radius 3 is 2.50 bits per heavy atom. The highest BCUT2D eigenvalue weighted by atomic mass is 79.9. The van der Waals surface area contributed by atoms with Gasteiger partial charge in [-0.25, -0.2) is 0 Å². The lowest BCUT2D eigenvalue weighted by molar-refractivity contribution is 1.09. The fraction of sp³-hybridized carbons (Fsp3) is 0.250. The van der Waals surface area contributed by atoms with Gasteiger partial charge in [-0.15, -0.1) is 0 Å². The van der Waals surface area contributed by atoms with Crippen LogP contribution in [0.5, 0.6) is 0 Å². The quantitative estimate of drug-likeness (QED) is 0.750. The van der Waals surface area contributed by atoms with Crippen molar-refractivity contribution in [2.75, 3.05) is 0 Å². The third-order valence-corrected chi connectivity index (χ3v) is 1.68. The summed E-state index contributed by atoms with van der Waals surface area (Å²) in [7, 11) is 0. The Morgan fingerprint density at radius 2 is 2.07 bits per heavy atom. The van der Waals surface area contributed by atoms with Crippen molar-refractivity contribution in [1.82, 2.24) is 4.98 Å². The van der Waals surface area contributed by atoms with Crippen molar-refractivity contribution in [2.24, 2.45) is 0 Å². The number of nitrogens with zero attached hydrogens (tertiary/aromatic N) is 1. The van der Waals surface area contributed by atoms with Crippen LogP contribution >= 0.6 is 15.9 Å². The maximum absolute atomic E-state index is 4.13. The number of hydrogen-bond acceptors (Lipinski definition) is 1. The Labute approximate surface area is 94.0 Å². The average Bonchev–Trinajstić information content (AvgIpc) is 2.11. The van der Waals surface area contributed by atoms with Crippen LogP contribution in [-0.4, -0.2) is 4.98 Å². The molecule has 1 nitrogen and oxygen atoms in total. The third-order valence-electron chi connectivity index (χ3n) is 1.24. The summed E-state index contributed by atoms with van der Waals surface area (Å²) in [4.78, 5) is 4.13. The molecule has 0 aliphatic carbocycles. The van der Waals surface area contributed by atoms with E-state index in [2.05, 4.69) is 47.9 Å². The van der Waals surface area contributed by atoms with Crippen LogP contribution < -0.4 is 10.6 Å². The standard InChI is InChI=1S/C9H8BrN.C3H8/c1-3-4-9-7(2)5-8(10)6-11-9;1-3-2/h3-6H,1-2H2;3H2,1-2H3/b9-4+;. The van der Waals surface area contributed by atoms with Crippen molar-refractivity contribution in [3.05, 3.63) is 40.0 Å². The molecule has 0 N–H and O–H groups in total. The monoisotopic (exact) mass is 253 g/mol. The van der Waals surface area contributed by atoms with E-state index in [1.165, 1.54) is 6.42 Å². The summed E-state index contributed by atoms with van der Waals surface area (Å²) in [5, 5.41) is 1.77. The van der Waals surface area contributed by atoms with Gasteiger partial charge in [-0.3, -0.25) is 4.98 Å².